The number of unbranched alkanes of at least 4 members (excludes halogenated alkanes) is 13. The summed E-state index contributed by atoms with van der Waals surface area (Å²) in [7, 11) is -5.51. The average molecular weight is 635 g/mol. The van der Waals surface area contributed by atoms with E-state index in [9.17, 15) is 0 Å². The van der Waals surface area contributed by atoms with Crippen molar-refractivity contribution in [2.45, 2.75) is 182 Å². The third-order valence-electron chi connectivity index (χ3n) is 7.64. The Bertz CT molecular complexity index is 432. The maximum absolute atomic E-state index is 6.61. The minimum Gasteiger partial charge on any atom is -0.373 e. The van der Waals surface area contributed by atoms with E-state index in [1.165, 1.54) is 77.0 Å². The van der Waals surface area contributed by atoms with Crippen LogP contribution >= 0.6 is 0 Å². The van der Waals surface area contributed by atoms with Crippen molar-refractivity contribution in [3.8, 4) is 0 Å². The summed E-state index contributed by atoms with van der Waals surface area (Å²) < 4.78 is 39.7. The van der Waals surface area contributed by atoms with E-state index < -0.39 is 17.6 Å². The van der Waals surface area contributed by atoms with Crippen LogP contribution in [0.1, 0.15) is 170 Å². The van der Waals surface area contributed by atoms with Gasteiger partial charge in [0.1, 0.15) is 0 Å². The lowest BCUT2D eigenvalue weighted by atomic mass is 10.3. The zero-order chi connectivity index (χ0) is 31.0. The molecule has 0 unspecified atom stereocenters. The standard InChI is InChI=1S/C34H74O6Si2/c1-7-13-19-27-35-41(36-28-20-14-8-2,37-29-21-15-9-3)33-25-26-34-42(38-30-22-16-10-4,39-31-23-17-11-5)40-32-24-18-12-6/h7-34H2,1-6H3. The molecule has 42 heavy (non-hydrogen) atoms. The van der Waals surface area contributed by atoms with Gasteiger partial charge in [0.25, 0.3) is 0 Å². The van der Waals surface area contributed by atoms with Crippen LogP contribution in [0.25, 0.3) is 0 Å². The van der Waals surface area contributed by atoms with Crippen molar-refractivity contribution in [2.24, 2.45) is 0 Å². The molecule has 0 heterocycles. The number of hydrogen-bond acceptors (Lipinski definition) is 6. The average Bonchev–Trinajstić information content (AvgIpc) is 3.00. The maximum atomic E-state index is 6.61. The van der Waals surface area contributed by atoms with Gasteiger partial charge in [0.2, 0.25) is 0 Å². The molecule has 0 saturated carbocycles. The largest absolute Gasteiger partial charge is 0.500 e. The molecule has 0 saturated heterocycles. The van der Waals surface area contributed by atoms with Crippen LogP contribution in [0.2, 0.25) is 12.1 Å². The number of hydrogen-bond donors (Lipinski definition) is 0. The van der Waals surface area contributed by atoms with Gasteiger partial charge in [0.05, 0.1) is 0 Å². The number of rotatable bonds is 35. The monoisotopic (exact) mass is 635 g/mol. The van der Waals surface area contributed by atoms with E-state index in [0.717, 1.165) is 103 Å². The first-order chi connectivity index (χ1) is 20.6. The Hall–Kier alpha value is 0.194. The molecule has 0 spiro atoms. The lowest BCUT2D eigenvalue weighted by Gasteiger charge is -2.32. The molecular formula is C34H74O6Si2. The molecule has 0 aliphatic heterocycles. The molecule has 8 heteroatoms. The Balaban J connectivity index is 5.53. The van der Waals surface area contributed by atoms with Gasteiger partial charge in [-0.05, 0) is 51.4 Å². The first-order valence-corrected chi connectivity index (χ1v) is 22.3. The van der Waals surface area contributed by atoms with Crippen LogP contribution in [0.3, 0.4) is 0 Å². The molecular weight excluding hydrogens is 561 g/mol. The molecule has 0 fully saturated rings. The van der Waals surface area contributed by atoms with Crippen LogP contribution in [0.15, 0.2) is 0 Å². The summed E-state index contributed by atoms with van der Waals surface area (Å²) in [4.78, 5) is 0. The van der Waals surface area contributed by atoms with Crippen LogP contribution in [-0.4, -0.2) is 57.3 Å². The Labute approximate surface area is 265 Å². The lowest BCUT2D eigenvalue weighted by Crippen LogP contribution is -2.48. The van der Waals surface area contributed by atoms with Gasteiger partial charge in [0.15, 0.2) is 0 Å². The Morgan fingerprint density at radius 1 is 0.262 bits per heavy atom. The minimum absolute atomic E-state index is 0.738. The first kappa shape index (κ1) is 42.2. The predicted octanol–water partition coefficient (Wildman–Crippen LogP) is 10.9. The minimum atomic E-state index is -2.76. The quantitative estimate of drug-likeness (QED) is 0.0511. The summed E-state index contributed by atoms with van der Waals surface area (Å²) >= 11 is 0. The van der Waals surface area contributed by atoms with Crippen molar-refractivity contribution in [3.63, 3.8) is 0 Å². The highest BCUT2D eigenvalue weighted by molar-refractivity contribution is 6.61. The highest BCUT2D eigenvalue weighted by Gasteiger charge is 2.43. The Morgan fingerprint density at radius 2 is 0.452 bits per heavy atom. The molecule has 0 rings (SSSR count). The second-order valence-corrected chi connectivity index (χ2v) is 17.4. The summed E-state index contributed by atoms with van der Waals surface area (Å²) in [6.07, 6.45) is 22.6. The van der Waals surface area contributed by atoms with Gasteiger partial charge in [-0.3, -0.25) is 0 Å². The van der Waals surface area contributed by atoms with E-state index >= 15 is 0 Å². The fourth-order valence-corrected chi connectivity index (χ4v) is 10.3. The van der Waals surface area contributed by atoms with E-state index in [-0.39, 0.29) is 0 Å². The summed E-state index contributed by atoms with van der Waals surface area (Å²) in [5.41, 5.74) is 0. The molecule has 0 aliphatic carbocycles. The molecule has 6 nitrogen and oxygen atoms in total. The molecule has 254 valence electrons. The zero-order valence-corrected chi connectivity index (χ0v) is 31.2. The smallest absolute Gasteiger partial charge is 0.373 e. The van der Waals surface area contributed by atoms with Crippen molar-refractivity contribution in [2.75, 3.05) is 39.6 Å². The van der Waals surface area contributed by atoms with E-state index in [1.807, 2.05) is 0 Å². The summed E-state index contributed by atoms with van der Waals surface area (Å²) in [5, 5.41) is 0. The van der Waals surface area contributed by atoms with Crippen molar-refractivity contribution in [3.05, 3.63) is 0 Å². The van der Waals surface area contributed by atoms with Crippen LogP contribution < -0.4 is 0 Å². The molecule has 0 aromatic rings. The van der Waals surface area contributed by atoms with Crippen LogP contribution in [0.4, 0.5) is 0 Å². The molecule has 0 bridgehead atoms. The van der Waals surface area contributed by atoms with Gasteiger partial charge in [-0.2, -0.15) is 0 Å². The van der Waals surface area contributed by atoms with Crippen molar-refractivity contribution in [1.82, 2.24) is 0 Å². The summed E-state index contributed by atoms with van der Waals surface area (Å²) in [6.45, 7) is 17.9. The highest BCUT2D eigenvalue weighted by Crippen LogP contribution is 2.26. The van der Waals surface area contributed by atoms with Crippen molar-refractivity contribution in [1.29, 1.82) is 0 Å². The van der Waals surface area contributed by atoms with Crippen LogP contribution in [0.5, 0.6) is 0 Å². The molecule has 0 atom stereocenters. The van der Waals surface area contributed by atoms with Crippen molar-refractivity contribution >= 4 is 17.6 Å². The van der Waals surface area contributed by atoms with E-state index in [1.54, 1.807) is 0 Å². The predicted molar refractivity (Wildman–Crippen MR) is 183 cm³/mol. The molecule has 0 aromatic heterocycles. The second-order valence-electron chi connectivity index (χ2n) is 11.9. The third-order valence-corrected chi connectivity index (χ3v) is 13.4. The summed E-state index contributed by atoms with van der Waals surface area (Å²) in [6, 6.07) is 1.73. The Morgan fingerprint density at radius 3 is 0.619 bits per heavy atom. The zero-order valence-electron chi connectivity index (χ0n) is 29.2. The van der Waals surface area contributed by atoms with Gasteiger partial charge < -0.3 is 26.6 Å². The Kier molecular flexibility index (Phi) is 31.3. The fraction of sp³-hybridized carbons (Fsp3) is 1.00. The molecule has 0 amide bonds. The van der Waals surface area contributed by atoms with Gasteiger partial charge >= 0.3 is 17.6 Å². The molecule has 0 aromatic carbocycles. The van der Waals surface area contributed by atoms with E-state index in [0.29, 0.717) is 0 Å². The van der Waals surface area contributed by atoms with Crippen LogP contribution in [0, 0.1) is 0 Å². The van der Waals surface area contributed by atoms with Gasteiger partial charge in [-0.1, -0.05) is 119 Å². The van der Waals surface area contributed by atoms with Gasteiger partial charge in [-0.25, -0.2) is 0 Å². The molecule has 0 aliphatic rings. The van der Waals surface area contributed by atoms with E-state index in [2.05, 4.69) is 41.5 Å². The highest BCUT2D eigenvalue weighted by atomic mass is 28.4. The van der Waals surface area contributed by atoms with Gasteiger partial charge in [-0.15, -0.1) is 0 Å². The SMILES string of the molecule is CCCCCO[Si](CCCC[Si](OCCCCC)(OCCCCC)OCCCCC)(OCCCCC)OCCCCC. The van der Waals surface area contributed by atoms with Crippen molar-refractivity contribution < 1.29 is 26.6 Å². The maximum Gasteiger partial charge on any atom is 0.500 e. The fourth-order valence-electron chi connectivity index (χ4n) is 4.84. The first-order valence-electron chi connectivity index (χ1n) is 18.4. The topological polar surface area (TPSA) is 55.4 Å². The lowest BCUT2D eigenvalue weighted by molar-refractivity contribution is 0.0510. The molecule has 0 radical (unpaired) electrons. The summed E-state index contributed by atoms with van der Waals surface area (Å²) in [5.74, 6) is 0. The van der Waals surface area contributed by atoms with Crippen LogP contribution in [-0.2, 0) is 26.6 Å². The normalized spacial score (nSPS) is 12.4. The van der Waals surface area contributed by atoms with Gasteiger partial charge in [0, 0.05) is 51.7 Å². The second kappa shape index (κ2) is 31.2. The van der Waals surface area contributed by atoms with E-state index in [4.69, 9.17) is 26.6 Å². The molecule has 0 N–H and O–H groups in total. The third kappa shape index (κ3) is 23.6.